The summed E-state index contributed by atoms with van der Waals surface area (Å²) in [5.41, 5.74) is 1.20. The van der Waals surface area contributed by atoms with Crippen molar-refractivity contribution in [3.05, 3.63) is 41.2 Å². The summed E-state index contributed by atoms with van der Waals surface area (Å²) in [6.07, 6.45) is 1.57. The van der Waals surface area contributed by atoms with E-state index in [1.807, 2.05) is 13.8 Å². The Hall–Kier alpha value is -2.37. The van der Waals surface area contributed by atoms with E-state index >= 15 is 0 Å². The number of hydrogen-bond acceptors (Lipinski definition) is 5. The molecule has 2 aromatic heterocycles. The van der Waals surface area contributed by atoms with E-state index in [-0.39, 0.29) is 12.5 Å². The van der Waals surface area contributed by atoms with Gasteiger partial charge in [0.1, 0.15) is 11.3 Å². The maximum absolute atomic E-state index is 12.0. The molecule has 2 heterocycles. The highest BCUT2D eigenvalue weighted by atomic mass is 16.5. The van der Waals surface area contributed by atoms with Crippen LogP contribution in [0.2, 0.25) is 0 Å². The smallest absolute Gasteiger partial charge is 0.257 e. The van der Waals surface area contributed by atoms with Crippen LogP contribution in [-0.2, 0) is 6.54 Å². The number of pyridine rings is 1. The number of carbonyl (C=O) groups is 1. The molecule has 1 amide bonds. The highest BCUT2D eigenvalue weighted by Crippen LogP contribution is 2.13. The molecule has 0 saturated heterocycles. The zero-order valence-corrected chi connectivity index (χ0v) is 11.1. The molecule has 100 valence electrons. The standard InChI is InChI=1S/C13H15N3O3/c1-8-9(2)19-11(16-8)7-15-12(17)10-5-4-6-14-13(10)18-3/h4-6H,7H2,1-3H3,(H,15,17). The lowest BCUT2D eigenvalue weighted by Gasteiger charge is -2.06. The van der Waals surface area contributed by atoms with E-state index in [4.69, 9.17) is 9.15 Å². The van der Waals surface area contributed by atoms with Gasteiger partial charge in [0.25, 0.3) is 5.91 Å². The number of aryl methyl sites for hydroxylation is 2. The van der Waals surface area contributed by atoms with Gasteiger partial charge in [0, 0.05) is 6.20 Å². The first-order chi connectivity index (χ1) is 9.11. The van der Waals surface area contributed by atoms with Crippen LogP contribution in [0.15, 0.2) is 22.7 Å². The fourth-order valence-electron chi connectivity index (χ4n) is 1.59. The van der Waals surface area contributed by atoms with E-state index in [9.17, 15) is 4.79 Å². The Morgan fingerprint density at radius 3 is 2.89 bits per heavy atom. The van der Waals surface area contributed by atoms with E-state index in [1.165, 1.54) is 7.11 Å². The van der Waals surface area contributed by atoms with Crippen molar-refractivity contribution in [2.24, 2.45) is 0 Å². The Morgan fingerprint density at radius 2 is 2.26 bits per heavy atom. The van der Waals surface area contributed by atoms with Crippen LogP contribution in [0.1, 0.15) is 27.7 Å². The number of rotatable bonds is 4. The van der Waals surface area contributed by atoms with Gasteiger partial charge in [0.05, 0.1) is 19.3 Å². The summed E-state index contributed by atoms with van der Waals surface area (Å²) in [7, 11) is 1.47. The van der Waals surface area contributed by atoms with Gasteiger partial charge >= 0.3 is 0 Å². The molecule has 0 atom stereocenters. The molecule has 2 rings (SSSR count). The molecule has 0 aliphatic heterocycles. The van der Waals surface area contributed by atoms with Gasteiger partial charge in [-0.2, -0.15) is 0 Å². The number of ether oxygens (including phenoxy) is 1. The fraction of sp³-hybridized carbons (Fsp3) is 0.308. The summed E-state index contributed by atoms with van der Waals surface area (Å²) in [6.45, 7) is 3.91. The largest absolute Gasteiger partial charge is 0.480 e. The quantitative estimate of drug-likeness (QED) is 0.905. The van der Waals surface area contributed by atoms with Gasteiger partial charge in [0.15, 0.2) is 0 Å². The van der Waals surface area contributed by atoms with Gasteiger partial charge in [-0.05, 0) is 26.0 Å². The lowest BCUT2D eigenvalue weighted by Crippen LogP contribution is -2.23. The van der Waals surface area contributed by atoms with E-state index in [2.05, 4.69) is 15.3 Å². The fourth-order valence-corrected chi connectivity index (χ4v) is 1.59. The zero-order chi connectivity index (χ0) is 13.8. The van der Waals surface area contributed by atoms with Crippen molar-refractivity contribution in [1.82, 2.24) is 15.3 Å². The maximum atomic E-state index is 12.0. The Morgan fingerprint density at radius 1 is 1.47 bits per heavy atom. The van der Waals surface area contributed by atoms with Crippen molar-refractivity contribution < 1.29 is 13.9 Å². The molecule has 0 unspecified atom stereocenters. The van der Waals surface area contributed by atoms with Crippen LogP contribution in [0.25, 0.3) is 0 Å². The average Bonchev–Trinajstić information content (AvgIpc) is 2.75. The summed E-state index contributed by atoms with van der Waals surface area (Å²) in [6, 6.07) is 3.32. The zero-order valence-electron chi connectivity index (χ0n) is 11.1. The third-order valence-corrected chi connectivity index (χ3v) is 2.68. The molecule has 0 aliphatic rings. The van der Waals surface area contributed by atoms with Gasteiger partial charge < -0.3 is 14.5 Å². The van der Waals surface area contributed by atoms with Crippen LogP contribution in [0, 0.1) is 13.8 Å². The van der Waals surface area contributed by atoms with Crippen LogP contribution in [-0.4, -0.2) is 23.0 Å². The minimum atomic E-state index is -0.279. The molecular formula is C13H15N3O3. The first kappa shape index (κ1) is 13.1. The molecule has 6 nitrogen and oxygen atoms in total. The number of hydrogen-bond donors (Lipinski definition) is 1. The van der Waals surface area contributed by atoms with Gasteiger partial charge in [-0.25, -0.2) is 9.97 Å². The first-order valence-corrected chi connectivity index (χ1v) is 5.82. The number of amides is 1. The second-order valence-electron chi connectivity index (χ2n) is 3.99. The summed E-state index contributed by atoms with van der Waals surface area (Å²) in [4.78, 5) is 20.1. The van der Waals surface area contributed by atoms with Crippen molar-refractivity contribution in [3.8, 4) is 5.88 Å². The molecule has 6 heteroatoms. The van der Waals surface area contributed by atoms with E-state index in [0.717, 1.165) is 11.5 Å². The molecule has 0 bridgehead atoms. The average molecular weight is 261 g/mol. The monoisotopic (exact) mass is 261 g/mol. The van der Waals surface area contributed by atoms with Crippen molar-refractivity contribution in [1.29, 1.82) is 0 Å². The molecule has 0 aliphatic carbocycles. The third-order valence-electron chi connectivity index (χ3n) is 2.68. The highest BCUT2D eigenvalue weighted by molar-refractivity contribution is 5.96. The predicted octanol–water partition coefficient (Wildman–Crippen LogP) is 1.63. The number of oxazole rings is 1. The molecule has 1 N–H and O–H groups in total. The Balaban J connectivity index is 2.05. The number of methoxy groups -OCH3 is 1. The van der Waals surface area contributed by atoms with Gasteiger partial charge in [-0.15, -0.1) is 0 Å². The minimum Gasteiger partial charge on any atom is -0.480 e. The minimum absolute atomic E-state index is 0.228. The topological polar surface area (TPSA) is 77.2 Å². The van der Waals surface area contributed by atoms with Crippen molar-refractivity contribution in [3.63, 3.8) is 0 Å². The predicted molar refractivity (Wildman–Crippen MR) is 67.9 cm³/mol. The SMILES string of the molecule is COc1ncccc1C(=O)NCc1nc(C)c(C)o1. The van der Waals surface area contributed by atoms with Crippen molar-refractivity contribution >= 4 is 5.91 Å². The normalized spacial score (nSPS) is 10.3. The van der Waals surface area contributed by atoms with Crippen LogP contribution < -0.4 is 10.1 Å². The molecule has 0 fully saturated rings. The first-order valence-electron chi connectivity index (χ1n) is 5.82. The summed E-state index contributed by atoms with van der Waals surface area (Å²) < 4.78 is 10.4. The van der Waals surface area contributed by atoms with Crippen LogP contribution in [0.3, 0.4) is 0 Å². The number of aromatic nitrogens is 2. The van der Waals surface area contributed by atoms with Gasteiger partial charge in [-0.3, -0.25) is 4.79 Å². The molecule has 0 spiro atoms. The van der Waals surface area contributed by atoms with Gasteiger partial charge in [0.2, 0.25) is 11.8 Å². The molecule has 0 saturated carbocycles. The highest BCUT2D eigenvalue weighted by Gasteiger charge is 2.13. The molecule has 19 heavy (non-hydrogen) atoms. The van der Waals surface area contributed by atoms with Gasteiger partial charge in [-0.1, -0.05) is 0 Å². The second-order valence-corrected chi connectivity index (χ2v) is 3.99. The second kappa shape index (κ2) is 5.51. The lowest BCUT2D eigenvalue weighted by molar-refractivity contribution is 0.0943. The van der Waals surface area contributed by atoms with Crippen molar-refractivity contribution in [2.75, 3.05) is 7.11 Å². The van der Waals surface area contributed by atoms with Crippen LogP contribution in [0.5, 0.6) is 5.88 Å². The molecule has 0 aromatic carbocycles. The van der Waals surface area contributed by atoms with Crippen molar-refractivity contribution in [2.45, 2.75) is 20.4 Å². The molecule has 2 aromatic rings. The number of nitrogens with one attached hydrogen (secondary N) is 1. The summed E-state index contributed by atoms with van der Waals surface area (Å²) in [5.74, 6) is 1.24. The van der Waals surface area contributed by atoms with E-state index < -0.39 is 0 Å². The van der Waals surface area contributed by atoms with E-state index in [1.54, 1.807) is 18.3 Å². The lowest BCUT2D eigenvalue weighted by atomic mass is 10.2. The Labute approximate surface area is 110 Å². The Bertz CT molecular complexity index is 573. The van der Waals surface area contributed by atoms with E-state index in [0.29, 0.717) is 17.3 Å². The summed E-state index contributed by atoms with van der Waals surface area (Å²) >= 11 is 0. The Kier molecular flexibility index (Phi) is 3.79. The van der Waals surface area contributed by atoms with Crippen LogP contribution >= 0.6 is 0 Å². The number of carbonyl (C=O) groups excluding carboxylic acids is 1. The molecular weight excluding hydrogens is 246 g/mol. The number of nitrogens with zero attached hydrogens (tertiary/aromatic N) is 2. The maximum Gasteiger partial charge on any atom is 0.257 e. The van der Waals surface area contributed by atoms with Crippen LogP contribution in [0.4, 0.5) is 0 Å². The third kappa shape index (κ3) is 2.90. The summed E-state index contributed by atoms with van der Waals surface area (Å²) in [5, 5.41) is 2.72. The molecule has 0 radical (unpaired) electrons.